The first kappa shape index (κ1) is 17.2. The van der Waals surface area contributed by atoms with E-state index in [-0.39, 0.29) is 30.4 Å². The first-order valence-electron chi connectivity index (χ1n) is 6.65. The van der Waals surface area contributed by atoms with Crippen LogP contribution < -0.4 is 5.32 Å². The molecule has 0 aliphatic carbocycles. The molecule has 1 N–H and O–H groups in total. The molecule has 116 valence electrons. The molecule has 1 heterocycles. The number of rotatable bonds is 5. The molecule has 2 amide bonds. The monoisotopic (exact) mass is 312 g/mol. The summed E-state index contributed by atoms with van der Waals surface area (Å²) < 4.78 is 5.01. The minimum atomic E-state index is -0.532. The molecule has 6 nitrogen and oxygen atoms in total. The van der Waals surface area contributed by atoms with Gasteiger partial charge in [-0.15, -0.1) is 11.3 Å². The third-order valence-corrected chi connectivity index (χ3v) is 4.00. The van der Waals surface area contributed by atoms with Gasteiger partial charge >= 0.3 is 5.97 Å². The number of esters is 1. The van der Waals surface area contributed by atoms with Gasteiger partial charge in [-0.1, -0.05) is 6.92 Å². The number of hydrogen-bond acceptors (Lipinski definition) is 5. The number of nitrogens with one attached hydrogen (secondary N) is 1. The Morgan fingerprint density at radius 2 is 1.86 bits per heavy atom. The molecule has 1 aromatic rings. The van der Waals surface area contributed by atoms with Crippen LogP contribution in [0, 0.1) is 6.92 Å². The Labute approximate surface area is 128 Å². The summed E-state index contributed by atoms with van der Waals surface area (Å²) in [7, 11) is 3.27. The lowest BCUT2D eigenvalue weighted by atomic mass is 10.1. The fourth-order valence-electron chi connectivity index (χ4n) is 1.67. The second-order valence-corrected chi connectivity index (χ2v) is 5.60. The molecule has 0 aromatic carbocycles. The van der Waals surface area contributed by atoms with E-state index in [0.717, 1.165) is 11.3 Å². The van der Waals surface area contributed by atoms with E-state index in [1.165, 1.54) is 4.90 Å². The molecule has 0 spiro atoms. The molecule has 0 aliphatic rings. The maximum absolute atomic E-state index is 12.1. The Morgan fingerprint density at radius 1 is 1.24 bits per heavy atom. The standard InChI is InChI=1S/C14H20N2O4S/c1-6-9(17)15-12-10(14(19)20-7-2)8(3)11(21-12)13(18)16(4)5/h6-7H2,1-5H3,(H,15,17). The van der Waals surface area contributed by atoms with Crippen molar-refractivity contribution in [3.63, 3.8) is 0 Å². The lowest BCUT2D eigenvalue weighted by molar-refractivity contribution is -0.115. The SMILES string of the molecule is CCOC(=O)c1c(NC(=O)CC)sc(C(=O)N(C)C)c1C. The van der Waals surface area contributed by atoms with E-state index in [9.17, 15) is 14.4 Å². The highest BCUT2D eigenvalue weighted by atomic mass is 32.1. The van der Waals surface area contributed by atoms with Gasteiger partial charge in [0, 0.05) is 20.5 Å². The Kier molecular flexibility index (Phi) is 5.90. The fraction of sp³-hybridized carbons (Fsp3) is 0.500. The number of thiophene rings is 1. The van der Waals surface area contributed by atoms with Crippen LogP contribution in [0.4, 0.5) is 5.00 Å². The maximum atomic E-state index is 12.1. The quantitative estimate of drug-likeness (QED) is 0.846. The smallest absolute Gasteiger partial charge is 0.341 e. The van der Waals surface area contributed by atoms with Crippen molar-refractivity contribution in [3.05, 3.63) is 16.0 Å². The average molecular weight is 312 g/mol. The summed E-state index contributed by atoms with van der Waals surface area (Å²) in [5.41, 5.74) is 0.789. The van der Waals surface area contributed by atoms with Crippen LogP contribution in [-0.4, -0.2) is 43.4 Å². The van der Waals surface area contributed by atoms with Gasteiger partial charge in [0.25, 0.3) is 5.91 Å². The highest BCUT2D eigenvalue weighted by molar-refractivity contribution is 7.18. The van der Waals surface area contributed by atoms with Gasteiger partial charge in [0.15, 0.2) is 0 Å². The van der Waals surface area contributed by atoms with E-state index in [0.29, 0.717) is 15.4 Å². The van der Waals surface area contributed by atoms with Gasteiger partial charge in [-0.05, 0) is 19.4 Å². The number of carbonyl (C=O) groups excluding carboxylic acids is 3. The Morgan fingerprint density at radius 3 is 2.33 bits per heavy atom. The molecule has 21 heavy (non-hydrogen) atoms. The van der Waals surface area contributed by atoms with Crippen molar-refractivity contribution in [1.82, 2.24) is 4.90 Å². The molecular weight excluding hydrogens is 292 g/mol. The summed E-state index contributed by atoms with van der Waals surface area (Å²) >= 11 is 1.10. The van der Waals surface area contributed by atoms with Crippen molar-refractivity contribution < 1.29 is 19.1 Å². The van der Waals surface area contributed by atoms with Crippen LogP contribution in [0.25, 0.3) is 0 Å². The lowest BCUT2D eigenvalue weighted by Gasteiger charge is -2.09. The van der Waals surface area contributed by atoms with Gasteiger partial charge in [0.2, 0.25) is 5.91 Å². The number of ether oxygens (including phenoxy) is 1. The van der Waals surface area contributed by atoms with Crippen molar-refractivity contribution in [1.29, 1.82) is 0 Å². The summed E-state index contributed by atoms with van der Waals surface area (Å²) in [5.74, 6) is -0.957. The topological polar surface area (TPSA) is 75.7 Å². The van der Waals surface area contributed by atoms with E-state index in [1.807, 2.05) is 0 Å². The van der Waals surface area contributed by atoms with Gasteiger partial charge < -0.3 is 15.0 Å². The van der Waals surface area contributed by atoms with Crippen LogP contribution >= 0.6 is 11.3 Å². The highest BCUT2D eigenvalue weighted by Crippen LogP contribution is 2.34. The molecule has 0 saturated heterocycles. The number of carbonyl (C=O) groups is 3. The van der Waals surface area contributed by atoms with E-state index < -0.39 is 5.97 Å². The molecule has 1 aromatic heterocycles. The molecule has 0 bridgehead atoms. The van der Waals surface area contributed by atoms with Crippen LogP contribution in [0.2, 0.25) is 0 Å². The van der Waals surface area contributed by atoms with E-state index in [1.54, 1.807) is 34.9 Å². The van der Waals surface area contributed by atoms with Crippen molar-refractivity contribution in [2.45, 2.75) is 27.2 Å². The van der Waals surface area contributed by atoms with Gasteiger partial charge in [-0.25, -0.2) is 4.79 Å². The Bertz CT molecular complexity index is 564. The first-order chi connectivity index (χ1) is 9.83. The van der Waals surface area contributed by atoms with Crippen molar-refractivity contribution in [2.24, 2.45) is 0 Å². The van der Waals surface area contributed by atoms with Crippen molar-refractivity contribution in [2.75, 3.05) is 26.0 Å². The number of anilines is 1. The highest BCUT2D eigenvalue weighted by Gasteiger charge is 2.26. The number of nitrogens with zero attached hydrogens (tertiary/aromatic N) is 1. The zero-order chi connectivity index (χ0) is 16.2. The minimum Gasteiger partial charge on any atom is -0.462 e. The average Bonchev–Trinajstić information content (AvgIpc) is 2.74. The third kappa shape index (κ3) is 3.81. The molecule has 0 radical (unpaired) electrons. The summed E-state index contributed by atoms with van der Waals surface area (Å²) in [4.78, 5) is 37.6. The molecule has 0 saturated carbocycles. The van der Waals surface area contributed by atoms with Crippen LogP contribution in [0.5, 0.6) is 0 Å². The van der Waals surface area contributed by atoms with E-state index >= 15 is 0 Å². The van der Waals surface area contributed by atoms with Crippen LogP contribution in [0.15, 0.2) is 0 Å². The maximum Gasteiger partial charge on any atom is 0.341 e. The Balaban J connectivity index is 3.32. The van der Waals surface area contributed by atoms with Crippen molar-refractivity contribution in [3.8, 4) is 0 Å². The van der Waals surface area contributed by atoms with Crippen LogP contribution in [0.1, 0.15) is 45.9 Å². The molecule has 1 rings (SSSR count). The summed E-state index contributed by atoms with van der Waals surface area (Å²) in [6.45, 7) is 5.33. The van der Waals surface area contributed by atoms with Gasteiger partial charge in [0.1, 0.15) is 5.00 Å². The normalized spacial score (nSPS) is 10.1. The fourth-order valence-corrected chi connectivity index (χ4v) is 2.91. The van der Waals surface area contributed by atoms with Gasteiger partial charge in [-0.3, -0.25) is 9.59 Å². The molecule has 0 aliphatic heterocycles. The van der Waals surface area contributed by atoms with Gasteiger partial charge in [-0.2, -0.15) is 0 Å². The predicted molar refractivity (Wildman–Crippen MR) is 82.0 cm³/mol. The molecular formula is C14H20N2O4S. The predicted octanol–water partition coefficient (Wildman–Crippen LogP) is 2.28. The second kappa shape index (κ2) is 7.21. The molecule has 0 fully saturated rings. The molecule has 0 atom stereocenters. The van der Waals surface area contributed by atoms with Crippen LogP contribution in [0.3, 0.4) is 0 Å². The first-order valence-corrected chi connectivity index (χ1v) is 7.47. The third-order valence-electron chi connectivity index (χ3n) is 2.80. The zero-order valence-corrected chi connectivity index (χ0v) is 13.7. The molecule has 7 heteroatoms. The summed E-state index contributed by atoms with van der Waals surface area (Å²) in [6, 6.07) is 0. The summed E-state index contributed by atoms with van der Waals surface area (Å²) in [6.07, 6.45) is 0.288. The second-order valence-electron chi connectivity index (χ2n) is 4.58. The minimum absolute atomic E-state index is 0.208. The largest absolute Gasteiger partial charge is 0.462 e. The summed E-state index contributed by atoms with van der Waals surface area (Å²) in [5, 5.41) is 3.03. The van der Waals surface area contributed by atoms with Gasteiger partial charge in [0.05, 0.1) is 17.0 Å². The van der Waals surface area contributed by atoms with Crippen molar-refractivity contribution >= 4 is 34.1 Å². The van der Waals surface area contributed by atoms with Crippen LogP contribution in [-0.2, 0) is 9.53 Å². The number of amides is 2. The van der Waals surface area contributed by atoms with E-state index in [2.05, 4.69) is 5.32 Å². The zero-order valence-electron chi connectivity index (χ0n) is 12.9. The number of hydrogen-bond donors (Lipinski definition) is 1. The van der Waals surface area contributed by atoms with E-state index in [4.69, 9.17) is 4.74 Å². The molecule has 0 unspecified atom stereocenters. The lowest BCUT2D eigenvalue weighted by Crippen LogP contribution is -2.21. The Hall–Kier alpha value is -1.89.